The highest BCUT2D eigenvalue weighted by Gasteiger charge is 2.19. The standard InChI is InChI=1S/C8H16N4O/c1-3-4-6(9)7(13)8-10-5-12(2)11-8/h5-7,13H,3-4,9H2,1-2H3. The van der Waals surface area contributed by atoms with Crippen LogP contribution in [0, 0.1) is 0 Å². The number of aromatic nitrogens is 3. The van der Waals surface area contributed by atoms with Crippen molar-refractivity contribution in [1.82, 2.24) is 14.8 Å². The molecule has 0 radical (unpaired) electrons. The van der Waals surface area contributed by atoms with Crippen LogP contribution in [0.1, 0.15) is 31.7 Å². The molecule has 5 nitrogen and oxygen atoms in total. The molecule has 13 heavy (non-hydrogen) atoms. The smallest absolute Gasteiger partial charge is 0.180 e. The van der Waals surface area contributed by atoms with Crippen LogP contribution in [-0.4, -0.2) is 25.9 Å². The summed E-state index contributed by atoms with van der Waals surface area (Å²) in [6, 6.07) is -0.271. The van der Waals surface area contributed by atoms with E-state index >= 15 is 0 Å². The lowest BCUT2D eigenvalue weighted by atomic mass is 10.1. The molecule has 2 atom stereocenters. The van der Waals surface area contributed by atoms with Gasteiger partial charge in [0.05, 0.1) is 0 Å². The molecule has 74 valence electrons. The van der Waals surface area contributed by atoms with Gasteiger partial charge in [0, 0.05) is 13.1 Å². The number of hydrogen-bond acceptors (Lipinski definition) is 4. The number of hydrogen-bond donors (Lipinski definition) is 2. The van der Waals surface area contributed by atoms with Gasteiger partial charge in [-0.05, 0) is 6.42 Å². The summed E-state index contributed by atoms with van der Waals surface area (Å²) < 4.78 is 1.55. The Bertz CT molecular complexity index is 260. The fourth-order valence-electron chi connectivity index (χ4n) is 1.17. The van der Waals surface area contributed by atoms with E-state index in [1.54, 1.807) is 18.1 Å². The number of aliphatic hydroxyl groups is 1. The fourth-order valence-corrected chi connectivity index (χ4v) is 1.17. The molecular weight excluding hydrogens is 168 g/mol. The van der Waals surface area contributed by atoms with E-state index in [2.05, 4.69) is 10.1 Å². The zero-order chi connectivity index (χ0) is 9.84. The van der Waals surface area contributed by atoms with Crippen molar-refractivity contribution in [3.63, 3.8) is 0 Å². The van der Waals surface area contributed by atoms with E-state index in [4.69, 9.17) is 5.73 Å². The summed E-state index contributed by atoms with van der Waals surface area (Å²) in [5, 5.41) is 13.7. The maximum absolute atomic E-state index is 9.67. The van der Waals surface area contributed by atoms with Gasteiger partial charge in [0.1, 0.15) is 12.4 Å². The molecule has 2 unspecified atom stereocenters. The van der Waals surface area contributed by atoms with Crippen molar-refractivity contribution in [3.8, 4) is 0 Å². The predicted molar refractivity (Wildman–Crippen MR) is 48.8 cm³/mol. The van der Waals surface area contributed by atoms with Crippen molar-refractivity contribution in [3.05, 3.63) is 12.2 Å². The number of nitrogens with zero attached hydrogens (tertiary/aromatic N) is 3. The van der Waals surface area contributed by atoms with E-state index in [0.29, 0.717) is 5.82 Å². The predicted octanol–water partition coefficient (Wildman–Crippen LogP) is -0.0241. The van der Waals surface area contributed by atoms with Gasteiger partial charge in [0.25, 0.3) is 0 Å². The van der Waals surface area contributed by atoms with Crippen LogP contribution >= 0.6 is 0 Å². The molecule has 1 aromatic rings. The first-order valence-electron chi connectivity index (χ1n) is 4.44. The molecule has 0 bridgehead atoms. The summed E-state index contributed by atoms with van der Waals surface area (Å²) in [6.45, 7) is 2.03. The van der Waals surface area contributed by atoms with Crippen LogP contribution in [0.5, 0.6) is 0 Å². The van der Waals surface area contributed by atoms with E-state index in [-0.39, 0.29) is 6.04 Å². The minimum atomic E-state index is -0.749. The first-order chi connectivity index (χ1) is 6.15. The summed E-state index contributed by atoms with van der Waals surface area (Å²) in [4.78, 5) is 3.94. The van der Waals surface area contributed by atoms with E-state index < -0.39 is 6.10 Å². The summed E-state index contributed by atoms with van der Waals surface area (Å²) in [6.07, 6.45) is 2.53. The molecule has 0 aromatic carbocycles. The molecule has 1 rings (SSSR count). The molecule has 0 aliphatic rings. The van der Waals surface area contributed by atoms with Gasteiger partial charge >= 0.3 is 0 Å². The monoisotopic (exact) mass is 184 g/mol. The molecule has 0 saturated heterocycles. The third-order valence-electron chi connectivity index (χ3n) is 1.91. The Hall–Kier alpha value is -0.940. The maximum Gasteiger partial charge on any atom is 0.180 e. The highest BCUT2D eigenvalue weighted by molar-refractivity contribution is 4.92. The van der Waals surface area contributed by atoms with Crippen molar-refractivity contribution >= 4 is 0 Å². The van der Waals surface area contributed by atoms with Crippen LogP contribution in [0.25, 0.3) is 0 Å². The molecular formula is C8H16N4O. The van der Waals surface area contributed by atoms with Crippen LogP contribution in [0.4, 0.5) is 0 Å². The summed E-state index contributed by atoms with van der Waals surface area (Å²) in [5.74, 6) is 0.406. The van der Waals surface area contributed by atoms with E-state index in [1.807, 2.05) is 6.92 Å². The zero-order valence-corrected chi connectivity index (χ0v) is 8.01. The van der Waals surface area contributed by atoms with Gasteiger partial charge < -0.3 is 10.8 Å². The Morgan fingerprint density at radius 3 is 2.85 bits per heavy atom. The van der Waals surface area contributed by atoms with Gasteiger partial charge in [-0.15, -0.1) is 0 Å². The summed E-state index contributed by atoms with van der Waals surface area (Å²) >= 11 is 0. The van der Waals surface area contributed by atoms with Gasteiger partial charge in [-0.25, -0.2) is 4.98 Å². The third-order valence-corrected chi connectivity index (χ3v) is 1.91. The topological polar surface area (TPSA) is 77.0 Å². The third kappa shape index (κ3) is 2.50. The van der Waals surface area contributed by atoms with Crippen LogP contribution in [0.2, 0.25) is 0 Å². The summed E-state index contributed by atoms with van der Waals surface area (Å²) in [7, 11) is 1.76. The maximum atomic E-state index is 9.67. The van der Waals surface area contributed by atoms with Crippen molar-refractivity contribution in [1.29, 1.82) is 0 Å². The highest BCUT2D eigenvalue weighted by atomic mass is 16.3. The van der Waals surface area contributed by atoms with Crippen molar-refractivity contribution in [2.45, 2.75) is 31.9 Å². The average molecular weight is 184 g/mol. The minimum absolute atomic E-state index is 0.271. The second-order valence-electron chi connectivity index (χ2n) is 3.17. The Morgan fingerprint density at radius 1 is 1.69 bits per heavy atom. The molecule has 0 aliphatic carbocycles. The van der Waals surface area contributed by atoms with Gasteiger partial charge in [-0.1, -0.05) is 13.3 Å². The van der Waals surface area contributed by atoms with E-state index in [9.17, 15) is 5.11 Å². The van der Waals surface area contributed by atoms with Gasteiger partial charge in [0.15, 0.2) is 5.82 Å². The van der Waals surface area contributed by atoms with E-state index in [0.717, 1.165) is 12.8 Å². The molecule has 1 heterocycles. The average Bonchev–Trinajstić information content (AvgIpc) is 2.51. The Morgan fingerprint density at radius 2 is 2.38 bits per heavy atom. The van der Waals surface area contributed by atoms with Crippen LogP contribution in [0.15, 0.2) is 6.33 Å². The Kier molecular flexibility index (Phi) is 3.39. The van der Waals surface area contributed by atoms with E-state index in [1.165, 1.54) is 0 Å². The van der Waals surface area contributed by atoms with Crippen molar-refractivity contribution in [2.24, 2.45) is 12.8 Å². The first kappa shape index (κ1) is 10.1. The van der Waals surface area contributed by atoms with Crippen molar-refractivity contribution in [2.75, 3.05) is 0 Å². The fraction of sp³-hybridized carbons (Fsp3) is 0.750. The van der Waals surface area contributed by atoms with Gasteiger partial charge in [-0.3, -0.25) is 4.68 Å². The number of aliphatic hydroxyl groups excluding tert-OH is 1. The van der Waals surface area contributed by atoms with Crippen LogP contribution in [-0.2, 0) is 7.05 Å². The normalized spacial score (nSPS) is 15.7. The molecule has 5 heteroatoms. The van der Waals surface area contributed by atoms with Crippen molar-refractivity contribution < 1.29 is 5.11 Å². The highest BCUT2D eigenvalue weighted by Crippen LogP contribution is 2.13. The Balaban J connectivity index is 2.61. The van der Waals surface area contributed by atoms with Gasteiger partial charge in [-0.2, -0.15) is 5.10 Å². The van der Waals surface area contributed by atoms with Crippen LogP contribution in [0.3, 0.4) is 0 Å². The Labute approximate surface area is 77.6 Å². The number of nitrogens with two attached hydrogens (primary N) is 1. The lowest BCUT2D eigenvalue weighted by Gasteiger charge is -2.14. The quantitative estimate of drug-likeness (QED) is 0.689. The first-order valence-corrected chi connectivity index (χ1v) is 4.44. The molecule has 0 amide bonds. The summed E-state index contributed by atoms with van der Waals surface area (Å²) in [5.41, 5.74) is 5.73. The zero-order valence-electron chi connectivity index (χ0n) is 8.01. The number of aryl methyl sites for hydroxylation is 1. The van der Waals surface area contributed by atoms with Gasteiger partial charge in [0.2, 0.25) is 0 Å². The lowest BCUT2D eigenvalue weighted by Crippen LogP contribution is -2.28. The molecule has 0 fully saturated rings. The largest absolute Gasteiger partial charge is 0.383 e. The second-order valence-corrected chi connectivity index (χ2v) is 3.17. The molecule has 0 aliphatic heterocycles. The molecule has 0 spiro atoms. The second kappa shape index (κ2) is 4.34. The van der Waals surface area contributed by atoms with Crippen LogP contribution < -0.4 is 5.73 Å². The molecule has 0 saturated carbocycles. The molecule has 3 N–H and O–H groups in total. The SMILES string of the molecule is CCCC(N)C(O)c1ncn(C)n1. The molecule has 1 aromatic heterocycles. The lowest BCUT2D eigenvalue weighted by molar-refractivity contribution is 0.132. The minimum Gasteiger partial charge on any atom is -0.383 e. The number of rotatable bonds is 4.